The van der Waals surface area contributed by atoms with E-state index in [1.807, 2.05) is 43.3 Å². The lowest BCUT2D eigenvalue weighted by Crippen LogP contribution is -2.38. The fraction of sp³-hybridized carbons (Fsp3) is 0.346. The summed E-state index contributed by atoms with van der Waals surface area (Å²) in [6.07, 6.45) is 7.68. The summed E-state index contributed by atoms with van der Waals surface area (Å²) in [7, 11) is 0. The van der Waals surface area contributed by atoms with Gasteiger partial charge in [-0.25, -0.2) is 0 Å². The van der Waals surface area contributed by atoms with Gasteiger partial charge in [0.15, 0.2) is 11.5 Å². The number of allylic oxidation sites excluding steroid dienone is 2. The number of hydrazone groups is 1. The molecule has 6 rings (SSSR count). The van der Waals surface area contributed by atoms with Crippen LogP contribution in [0.4, 0.5) is 0 Å². The molecule has 1 saturated carbocycles. The number of ether oxygens (including phenoxy) is 2. The maximum Gasteiger partial charge on any atom is 0.254 e. The molecule has 0 spiro atoms. The molecule has 2 fully saturated rings. The van der Waals surface area contributed by atoms with Gasteiger partial charge < -0.3 is 9.47 Å². The van der Waals surface area contributed by atoms with Gasteiger partial charge in [0.05, 0.1) is 29.1 Å². The van der Waals surface area contributed by atoms with Crippen LogP contribution in [0, 0.1) is 23.7 Å². The molecule has 0 N–H and O–H groups in total. The predicted octanol–water partition coefficient (Wildman–Crippen LogP) is 4.96. The second kappa shape index (κ2) is 9.14. The largest absolute Gasteiger partial charge is 0.490 e. The first-order valence-corrected chi connectivity index (χ1v) is 12.1. The number of carbonyl (C=O) groups excluding carboxylic acids is 2. The number of imide groups is 1. The molecule has 0 aromatic heterocycles. The van der Waals surface area contributed by atoms with E-state index in [0.717, 1.165) is 23.4 Å². The maximum absolute atomic E-state index is 13.0. The lowest BCUT2D eigenvalue weighted by atomic mass is 9.63. The smallest absolute Gasteiger partial charge is 0.254 e. The first-order valence-electron chi connectivity index (χ1n) is 11.3. The Morgan fingerprint density at radius 2 is 1.70 bits per heavy atom. The summed E-state index contributed by atoms with van der Waals surface area (Å²) in [4.78, 5) is 26.0. The van der Waals surface area contributed by atoms with Crippen LogP contribution < -0.4 is 9.47 Å². The van der Waals surface area contributed by atoms with Gasteiger partial charge in [0.2, 0.25) is 0 Å². The Balaban J connectivity index is 1.36. The normalized spacial score (nSPS) is 25.7. The lowest BCUT2D eigenvalue weighted by molar-refractivity contribution is -0.140. The molecule has 6 nitrogen and oxygen atoms in total. The fourth-order valence-corrected chi connectivity index (χ4v) is 5.67. The monoisotopic (exact) mass is 508 g/mol. The second-order valence-corrected chi connectivity index (χ2v) is 9.47. The number of hydrogen-bond acceptors (Lipinski definition) is 5. The van der Waals surface area contributed by atoms with Gasteiger partial charge in [-0.2, -0.15) is 10.1 Å². The highest BCUT2D eigenvalue weighted by atomic mass is 79.9. The average Bonchev–Trinajstić information content (AvgIpc) is 3.10. The van der Waals surface area contributed by atoms with Crippen LogP contribution in [0.1, 0.15) is 30.9 Å². The molecular formula is C26H25BrN2O4. The van der Waals surface area contributed by atoms with E-state index in [0.29, 0.717) is 34.7 Å². The Kier molecular flexibility index (Phi) is 6.06. The number of nitrogens with zero attached hydrogens (tertiary/aromatic N) is 2. The summed E-state index contributed by atoms with van der Waals surface area (Å²) in [5.74, 6) is 0.557. The van der Waals surface area contributed by atoms with Crippen molar-refractivity contribution in [3.8, 4) is 11.5 Å². The molecule has 0 radical (unpaired) electrons. The van der Waals surface area contributed by atoms with Crippen molar-refractivity contribution in [2.75, 3.05) is 6.61 Å². The van der Waals surface area contributed by atoms with Crippen molar-refractivity contribution < 1.29 is 19.1 Å². The maximum atomic E-state index is 13.0. The van der Waals surface area contributed by atoms with Crippen LogP contribution in [0.2, 0.25) is 0 Å². The molecule has 0 unspecified atom stereocenters. The summed E-state index contributed by atoms with van der Waals surface area (Å²) in [6.45, 7) is 2.78. The van der Waals surface area contributed by atoms with Gasteiger partial charge >= 0.3 is 0 Å². The average molecular weight is 509 g/mol. The minimum absolute atomic E-state index is 0.149. The highest BCUT2D eigenvalue weighted by Gasteiger charge is 2.56. The zero-order valence-corrected chi connectivity index (χ0v) is 19.9. The summed E-state index contributed by atoms with van der Waals surface area (Å²) < 4.78 is 12.5. The summed E-state index contributed by atoms with van der Waals surface area (Å²) in [5.41, 5.74) is 1.75. The van der Waals surface area contributed by atoms with E-state index in [-0.39, 0.29) is 35.5 Å². The molecule has 3 aliphatic carbocycles. The Morgan fingerprint density at radius 3 is 2.30 bits per heavy atom. The van der Waals surface area contributed by atoms with E-state index in [9.17, 15) is 9.59 Å². The Bertz CT molecular complexity index is 1100. The van der Waals surface area contributed by atoms with Crippen molar-refractivity contribution in [2.45, 2.75) is 26.4 Å². The van der Waals surface area contributed by atoms with Crippen LogP contribution in [0.25, 0.3) is 0 Å². The van der Waals surface area contributed by atoms with Crippen LogP contribution in [0.5, 0.6) is 11.5 Å². The van der Waals surface area contributed by atoms with Crippen LogP contribution in [-0.4, -0.2) is 29.6 Å². The zero-order chi connectivity index (χ0) is 22.9. The number of carbonyl (C=O) groups is 2. The van der Waals surface area contributed by atoms with Gasteiger partial charge in [-0.1, -0.05) is 42.5 Å². The highest BCUT2D eigenvalue weighted by Crippen LogP contribution is 2.49. The Hall–Kier alpha value is -2.93. The van der Waals surface area contributed by atoms with E-state index in [1.165, 1.54) is 6.21 Å². The lowest BCUT2D eigenvalue weighted by Gasteiger charge is -2.37. The summed E-state index contributed by atoms with van der Waals surface area (Å²) in [5, 5.41) is 5.38. The minimum Gasteiger partial charge on any atom is -0.490 e. The number of amides is 2. The molecule has 4 atom stereocenters. The van der Waals surface area contributed by atoms with Crippen LogP contribution >= 0.6 is 15.9 Å². The Morgan fingerprint density at radius 1 is 1.03 bits per heavy atom. The van der Waals surface area contributed by atoms with E-state index in [4.69, 9.17) is 9.47 Å². The van der Waals surface area contributed by atoms with Crippen molar-refractivity contribution in [1.82, 2.24) is 5.01 Å². The van der Waals surface area contributed by atoms with Crippen LogP contribution in [0.3, 0.4) is 0 Å². The van der Waals surface area contributed by atoms with Gasteiger partial charge in [0.25, 0.3) is 11.8 Å². The summed E-state index contributed by atoms with van der Waals surface area (Å²) in [6, 6.07) is 13.5. The van der Waals surface area contributed by atoms with Crippen LogP contribution in [-0.2, 0) is 16.2 Å². The first kappa shape index (κ1) is 21.9. The quantitative estimate of drug-likeness (QED) is 0.301. The molecule has 1 aliphatic heterocycles. The molecule has 33 heavy (non-hydrogen) atoms. The van der Waals surface area contributed by atoms with E-state index >= 15 is 0 Å². The molecule has 2 amide bonds. The fourth-order valence-electron chi connectivity index (χ4n) is 5.09. The first-order chi connectivity index (χ1) is 16.1. The number of fused-ring (bicyclic) bond motifs is 1. The molecule has 7 heteroatoms. The molecule has 2 aromatic carbocycles. The zero-order valence-electron chi connectivity index (χ0n) is 18.3. The minimum atomic E-state index is -0.266. The van der Waals surface area contributed by atoms with Crippen LogP contribution in [0.15, 0.2) is 64.2 Å². The van der Waals surface area contributed by atoms with Gasteiger partial charge in [-0.05, 0) is 70.8 Å². The molecule has 2 bridgehead atoms. The third-order valence-electron chi connectivity index (χ3n) is 6.62. The van der Waals surface area contributed by atoms with Gasteiger partial charge in [-0.3, -0.25) is 9.59 Å². The third-order valence-corrected chi connectivity index (χ3v) is 7.21. The highest BCUT2D eigenvalue weighted by molar-refractivity contribution is 9.10. The number of halogens is 1. The van der Waals surface area contributed by atoms with Crippen molar-refractivity contribution >= 4 is 34.0 Å². The second-order valence-electron chi connectivity index (χ2n) is 8.61. The van der Waals surface area contributed by atoms with E-state index in [1.54, 1.807) is 6.07 Å². The van der Waals surface area contributed by atoms with Gasteiger partial charge in [0.1, 0.15) is 6.61 Å². The number of benzene rings is 2. The molecule has 1 heterocycles. The van der Waals surface area contributed by atoms with Crippen molar-refractivity contribution in [1.29, 1.82) is 0 Å². The van der Waals surface area contributed by atoms with Crippen molar-refractivity contribution in [2.24, 2.45) is 28.8 Å². The molecule has 2 aromatic rings. The molecule has 4 aliphatic rings. The third kappa shape index (κ3) is 4.10. The topological polar surface area (TPSA) is 68.2 Å². The van der Waals surface area contributed by atoms with Crippen molar-refractivity contribution in [3.63, 3.8) is 0 Å². The van der Waals surface area contributed by atoms with Gasteiger partial charge in [-0.15, -0.1) is 0 Å². The number of hydrogen-bond donors (Lipinski definition) is 0. The Labute approximate surface area is 201 Å². The standard InChI is InChI=1S/C26H25BrN2O4/c1-2-32-21-13-17(12-20(27)24(21)33-15-16-6-4-3-5-7-16)14-28-29-25(30)22-18-8-9-19(11-10-18)23(22)26(29)31/h3-9,12-14,18-19,22-23H,2,10-11,15H2,1H3/b28-14-/t18-,19+,22-,23-/m0/s1. The van der Waals surface area contributed by atoms with E-state index < -0.39 is 0 Å². The molecule has 1 saturated heterocycles. The van der Waals surface area contributed by atoms with E-state index in [2.05, 4.69) is 33.2 Å². The molecular weight excluding hydrogens is 484 g/mol. The SMILES string of the molecule is CCOc1cc(/C=N\N2C(=O)[C@@H]3[C@@H](C2=O)[C@H]2C=C[C@@H]3CC2)cc(Br)c1OCc1ccccc1. The summed E-state index contributed by atoms with van der Waals surface area (Å²) >= 11 is 3.57. The number of rotatable bonds is 7. The molecule has 170 valence electrons. The van der Waals surface area contributed by atoms with Crippen molar-refractivity contribution in [3.05, 3.63) is 70.2 Å². The predicted molar refractivity (Wildman–Crippen MR) is 128 cm³/mol. The van der Waals surface area contributed by atoms with Gasteiger partial charge in [0, 0.05) is 0 Å².